The molecule has 0 unspecified atom stereocenters. The molecule has 1 aliphatic rings. The third kappa shape index (κ3) is 5.00. The van der Waals surface area contributed by atoms with Gasteiger partial charge in [0, 0.05) is 45.2 Å². The molecule has 1 saturated heterocycles. The predicted molar refractivity (Wildman–Crippen MR) is 129 cm³/mol. The second-order valence-electron chi connectivity index (χ2n) is 8.42. The number of amides is 2. The molecular weight excluding hydrogens is 434 g/mol. The van der Waals surface area contributed by atoms with Crippen LogP contribution in [0.3, 0.4) is 0 Å². The van der Waals surface area contributed by atoms with Crippen LogP contribution in [0.25, 0.3) is 16.6 Å². The highest BCUT2D eigenvalue weighted by molar-refractivity contribution is 5.94. The van der Waals surface area contributed by atoms with Crippen LogP contribution in [0.4, 0.5) is 0 Å². The first-order valence-corrected chi connectivity index (χ1v) is 11.4. The lowest BCUT2D eigenvalue weighted by molar-refractivity contribution is -0.130. The second kappa shape index (κ2) is 10.1. The lowest BCUT2D eigenvalue weighted by Crippen LogP contribution is -2.47. The van der Waals surface area contributed by atoms with Crippen molar-refractivity contribution in [2.24, 2.45) is 0 Å². The van der Waals surface area contributed by atoms with E-state index >= 15 is 0 Å². The Bertz CT molecular complexity index is 1280. The van der Waals surface area contributed by atoms with E-state index in [1.54, 1.807) is 32.0 Å². The molecule has 1 fully saturated rings. The summed E-state index contributed by atoms with van der Waals surface area (Å²) in [7, 11) is 0. The highest BCUT2D eigenvalue weighted by Gasteiger charge is 2.19. The van der Waals surface area contributed by atoms with Crippen molar-refractivity contribution in [3.05, 3.63) is 69.8 Å². The molecule has 0 aliphatic carbocycles. The Morgan fingerprint density at radius 2 is 1.85 bits per heavy atom. The van der Waals surface area contributed by atoms with Crippen molar-refractivity contribution < 1.29 is 14.4 Å². The molecule has 9 nitrogen and oxygen atoms in total. The van der Waals surface area contributed by atoms with Gasteiger partial charge in [-0.1, -0.05) is 12.1 Å². The van der Waals surface area contributed by atoms with Gasteiger partial charge in [-0.25, -0.2) is 10.5 Å². The van der Waals surface area contributed by atoms with Crippen molar-refractivity contribution in [3.63, 3.8) is 0 Å². The molecule has 2 aromatic carbocycles. The van der Waals surface area contributed by atoms with Crippen LogP contribution in [0.2, 0.25) is 0 Å². The molecule has 9 heteroatoms. The number of benzene rings is 2. The van der Waals surface area contributed by atoms with Crippen molar-refractivity contribution in [2.45, 2.75) is 27.3 Å². The summed E-state index contributed by atoms with van der Waals surface area (Å²) in [6.45, 7) is 9.33. The van der Waals surface area contributed by atoms with Crippen LogP contribution in [0.5, 0.6) is 0 Å². The monoisotopic (exact) mass is 463 g/mol. The number of piperazine rings is 1. The molecule has 0 atom stereocenters. The molecule has 3 aromatic rings. The van der Waals surface area contributed by atoms with E-state index in [1.165, 1.54) is 10.9 Å². The number of aromatic nitrogens is 2. The van der Waals surface area contributed by atoms with Crippen LogP contribution in [-0.2, 0) is 16.2 Å². The molecule has 34 heavy (non-hydrogen) atoms. The maximum Gasteiger partial charge on any atom is 0.274 e. The lowest BCUT2D eigenvalue weighted by atomic mass is 10.1. The fraction of sp³-hybridized carbons (Fsp3) is 0.360. The van der Waals surface area contributed by atoms with Crippen LogP contribution in [0.15, 0.2) is 47.5 Å². The van der Waals surface area contributed by atoms with Gasteiger partial charge in [-0.15, -0.1) is 0 Å². The van der Waals surface area contributed by atoms with Crippen LogP contribution >= 0.6 is 0 Å². The van der Waals surface area contributed by atoms with Crippen molar-refractivity contribution in [3.8, 4) is 5.69 Å². The first-order chi connectivity index (χ1) is 16.4. The SMILES string of the molecule is CCONC(=O)c1ccc(C)c(-n2cnc3ccc(CN4CCN(C(C)=O)CC4)cc3c2=O)c1. The Hall–Kier alpha value is -3.56. The molecule has 0 radical (unpaired) electrons. The van der Waals surface area contributed by atoms with Crippen LogP contribution in [0.1, 0.15) is 35.3 Å². The standard InChI is InChI=1S/C25H29N5O4/c1-4-34-27-24(32)20-7-5-17(2)23(14-20)30-16-26-22-8-6-19(13-21(22)25(30)33)15-28-9-11-29(12-10-28)18(3)31/h5-8,13-14,16H,4,9-12,15H2,1-3H3,(H,27,32). The number of carbonyl (C=O) groups is 2. The van der Waals surface area contributed by atoms with Gasteiger partial charge in [-0.3, -0.25) is 28.7 Å². The topological polar surface area (TPSA) is 96.8 Å². The summed E-state index contributed by atoms with van der Waals surface area (Å²) >= 11 is 0. The van der Waals surface area contributed by atoms with Crippen LogP contribution < -0.4 is 11.0 Å². The number of rotatable bonds is 6. The number of hydroxylamine groups is 1. The van der Waals surface area contributed by atoms with E-state index in [4.69, 9.17) is 4.84 Å². The summed E-state index contributed by atoms with van der Waals surface area (Å²) in [6, 6.07) is 10.9. The van der Waals surface area contributed by atoms with E-state index in [2.05, 4.69) is 15.4 Å². The average molecular weight is 464 g/mol. The van der Waals surface area contributed by atoms with Gasteiger partial charge in [0.25, 0.3) is 11.5 Å². The van der Waals surface area contributed by atoms with E-state index in [-0.39, 0.29) is 17.4 Å². The van der Waals surface area contributed by atoms with E-state index in [1.807, 2.05) is 30.0 Å². The number of nitrogens with zero attached hydrogens (tertiary/aromatic N) is 4. The number of hydrogen-bond acceptors (Lipinski definition) is 6. The average Bonchev–Trinajstić information content (AvgIpc) is 2.84. The van der Waals surface area contributed by atoms with Crippen molar-refractivity contribution >= 4 is 22.7 Å². The first kappa shape index (κ1) is 23.6. The van der Waals surface area contributed by atoms with Gasteiger partial charge in [-0.05, 0) is 49.2 Å². The van der Waals surface area contributed by atoms with Gasteiger partial charge in [0.2, 0.25) is 5.91 Å². The summed E-state index contributed by atoms with van der Waals surface area (Å²) in [5.74, 6) is -0.274. The summed E-state index contributed by atoms with van der Waals surface area (Å²) < 4.78 is 1.48. The van der Waals surface area contributed by atoms with Gasteiger partial charge in [-0.2, -0.15) is 0 Å². The van der Waals surface area contributed by atoms with Gasteiger partial charge in [0.15, 0.2) is 0 Å². The predicted octanol–water partition coefficient (Wildman–Crippen LogP) is 2.04. The molecule has 0 spiro atoms. The highest BCUT2D eigenvalue weighted by atomic mass is 16.6. The fourth-order valence-electron chi connectivity index (χ4n) is 4.13. The van der Waals surface area contributed by atoms with Gasteiger partial charge < -0.3 is 4.90 Å². The van der Waals surface area contributed by atoms with Gasteiger partial charge in [0.1, 0.15) is 6.33 Å². The van der Waals surface area contributed by atoms with Gasteiger partial charge in [0.05, 0.1) is 23.2 Å². The molecule has 178 valence electrons. The molecular formula is C25H29N5O4. The zero-order chi connectivity index (χ0) is 24.2. The number of carbonyl (C=O) groups excluding carboxylic acids is 2. The molecule has 4 rings (SSSR count). The zero-order valence-electron chi connectivity index (χ0n) is 19.7. The molecule has 1 aromatic heterocycles. The normalized spacial score (nSPS) is 14.4. The third-order valence-corrected chi connectivity index (χ3v) is 6.09. The number of hydrogen-bond donors (Lipinski definition) is 1. The summed E-state index contributed by atoms with van der Waals surface area (Å²) in [5.41, 5.74) is 5.64. The smallest absolute Gasteiger partial charge is 0.274 e. The number of aryl methyl sites for hydroxylation is 1. The minimum atomic E-state index is -0.378. The fourth-order valence-corrected chi connectivity index (χ4v) is 4.13. The van der Waals surface area contributed by atoms with Crippen LogP contribution in [-0.4, -0.2) is 64.0 Å². The van der Waals surface area contributed by atoms with Crippen molar-refractivity contribution in [2.75, 3.05) is 32.8 Å². The van der Waals surface area contributed by atoms with Crippen molar-refractivity contribution in [1.82, 2.24) is 24.8 Å². The maximum atomic E-state index is 13.4. The molecule has 1 N–H and O–H groups in total. The Morgan fingerprint density at radius 1 is 1.09 bits per heavy atom. The number of fused-ring (bicyclic) bond motifs is 1. The minimum absolute atomic E-state index is 0.103. The van der Waals surface area contributed by atoms with Crippen molar-refractivity contribution in [1.29, 1.82) is 0 Å². The summed E-state index contributed by atoms with van der Waals surface area (Å²) in [6.07, 6.45) is 1.50. The molecule has 0 bridgehead atoms. The van der Waals surface area contributed by atoms with Crippen LogP contribution in [0, 0.1) is 6.92 Å². The first-order valence-electron chi connectivity index (χ1n) is 11.4. The number of nitrogens with one attached hydrogen (secondary N) is 1. The molecule has 2 heterocycles. The Morgan fingerprint density at radius 3 is 2.56 bits per heavy atom. The minimum Gasteiger partial charge on any atom is -0.340 e. The second-order valence-corrected chi connectivity index (χ2v) is 8.42. The largest absolute Gasteiger partial charge is 0.340 e. The molecule has 2 amide bonds. The molecule has 1 aliphatic heterocycles. The van der Waals surface area contributed by atoms with E-state index in [0.717, 1.165) is 24.2 Å². The maximum absolute atomic E-state index is 13.4. The lowest BCUT2D eigenvalue weighted by Gasteiger charge is -2.34. The highest BCUT2D eigenvalue weighted by Crippen LogP contribution is 2.18. The Labute approximate surface area is 197 Å². The van der Waals surface area contributed by atoms with E-state index in [0.29, 0.717) is 48.4 Å². The van der Waals surface area contributed by atoms with E-state index < -0.39 is 0 Å². The summed E-state index contributed by atoms with van der Waals surface area (Å²) in [5, 5.41) is 0.519. The molecule has 0 saturated carbocycles. The Kier molecular flexibility index (Phi) is 7.04. The Balaban J connectivity index is 1.62. The third-order valence-electron chi connectivity index (χ3n) is 6.09. The zero-order valence-corrected chi connectivity index (χ0v) is 19.7. The summed E-state index contributed by atoms with van der Waals surface area (Å²) in [4.78, 5) is 50.9. The van der Waals surface area contributed by atoms with E-state index in [9.17, 15) is 14.4 Å². The quantitative estimate of drug-likeness (QED) is 0.562. The van der Waals surface area contributed by atoms with Gasteiger partial charge >= 0.3 is 0 Å².